The largest absolute Gasteiger partial charge is 0.491 e. The number of aryl methyl sites for hydroxylation is 1. The number of aromatic nitrogens is 3. The summed E-state index contributed by atoms with van der Waals surface area (Å²) in [6, 6.07) is 4.19. The van der Waals surface area contributed by atoms with Crippen molar-refractivity contribution in [2.75, 3.05) is 19.9 Å². The monoisotopic (exact) mass is 456 g/mol. The average molecular weight is 456 g/mol. The van der Waals surface area contributed by atoms with E-state index in [1.807, 2.05) is 0 Å². The number of benzene rings is 1. The number of hydrogen-bond acceptors (Lipinski definition) is 6. The zero-order valence-electron chi connectivity index (χ0n) is 17.0. The summed E-state index contributed by atoms with van der Waals surface area (Å²) in [4.78, 5) is 20.4. The number of hydrogen-bond donors (Lipinski definition) is 1. The molecule has 0 saturated carbocycles. The molecule has 2 heterocycles. The number of amides is 1. The first-order valence-corrected chi connectivity index (χ1v) is 10.9. The molecule has 0 aliphatic rings. The molecule has 1 aromatic carbocycles. The quantitative estimate of drug-likeness (QED) is 0.633. The second kappa shape index (κ2) is 7.84. The van der Waals surface area contributed by atoms with E-state index in [9.17, 15) is 26.4 Å². The Morgan fingerprint density at radius 1 is 1.23 bits per heavy atom. The highest BCUT2D eigenvalue weighted by atomic mass is 32.2. The van der Waals surface area contributed by atoms with Crippen molar-refractivity contribution >= 4 is 26.8 Å². The van der Waals surface area contributed by atoms with Gasteiger partial charge in [-0.1, -0.05) is 0 Å². The second-order valence-electron chi connectivity index (χ2n) is 6.66. The van der Waals surface area contributed by atoms with Gasteiger partial charge in [0.2, 0.25) is 0 Å². The number of carbonyl (C=O) groups is 1. The predicted molar refractivity (Wildman–Crippen MR) is 107 cm³/mol. The van der Waals surface area contributed by atoms with Gasteiger partial charge in [-0.3, -0.25) is 4.79 Å². The highest BCUT2D eigenvalue weighted by molar-refractivity contribution is 7.90. The van der Waals surface area contributed by atoms with E-state index < -0.39 is 27.5 Å². The van der Waals surface area contributed by atoms with Crippen molar-refractivity contribution in [1.29, 1.82) is 0 Å². The maximum Gasteiger partial charge on any atom is 0.416 e. The molecular formula is C19H19F3N4O4S. The van der Waals surface area contributed by atoms with E-state index in [1.54, 1.807) is 6.92 Å². The third-order valence-electron chi connectivity index (χ3n) is 4.51. The maximum atomic E-state index is 13.1. The number of sulfone groups is 1. The molecule has 0 saturated heterocycles. The summed E-state index contributed by atoms with van der Waals surface area (Å²) in [6.07, 6.45) is -3.61. The third-order valence-corrected chi connectivity index (χ3v) is 5.62. The minimum absolute atomic E-state index is 0.00366. The Labute approximate surface area is 176 Å². The first kappa shape index (κ1) is 22.5. The molecule has 0 aliphatic carbocycles. The summed E-state index contributed by atoms with van der Waals surface area (Å²) >= 11 is 0. The number of halogens is 3. The van der Waals surface area contributed by atoms with E-state index in [-0.39, 0.29) is 40.0 Å². The van der Waals surface area contributed by atoms with Gasteiger partial charge in [-0.15, -0.1) is 0 Å². The fourth-order valence-electron chi connectivity index (χ4n) is 3.06. The highest BCUT2D eigenvalue weighted by Crippen LogP contribution is 2.35. The maximum absolute atomic E-state index is 13.1. The minimum Gasteiger partial charge on any atom is -0.491 e. The first-order valence-electron chi connectivity index (χ1n) is 9.02. The van der Waals surface area contributed by atoms with Crippen molar-refractivity contribution in [3.63, 3.8) is 0 Å². The van der Waals surface area contributed by atoms with Gasteiger partial charge in [-0.25, -0.2) is 18.4 Å². The molecule has 31 heavy (non-hydrogen) atoms. The van der Waals surface area contributed by atoms with Gasteiger partial charge in [0.1, 0.15) is 5.69 Å². The Morgan fingerprint density at radius 3 is 2.45 bits per heavy atom. The molecule has 12 heteroatoms. The van der Waals surface area contributed by atoms with Crippen LogP contribution >= 0.6 is 0 Å². The fraction of sp³-hybridized carbons (Fsp3) is 0.316. The van der Waals surface area contributed by atoms with Crippen LogP contribution in [0.3, 0.4) is 0 Å². The van der Waals surface area contributed by atoms with Crippen LogP contribution in [0.5, 0.6) is 5.75 Å². The van der Waals surface area contributed by atoms with Gasteiger partial charge in [0.15, 0.2) is 27.1 Å². The number of carbonyl (C=O) groups excluding carboxylic acids is 1. The summed E-state index contributed by atoms with van der Waals surface area (Å²) < 4.78 is 71.0. The Balaban J connectivity index is 2.36. The van der Waals surface area contributed by atoms with Crippen LogP contribution in [0.1, 0.15) is 23.0 Å². The lowest BCUT2D eigenvalue weighted by Crippen LogP contribution is -2.22. The van der Waals surface area contributed by atoms with Crippen molar-refractivity contribution in [3.8, 4) is 17.3 Å². The molecule has 0 aliphatic heterocycles. The van der Waals surface area contributed by atoms with Crippen molar-refractivity contribution in [2.24, 2.45) is 7.05 Å². The van der Waals surface area contributed by atoms with E-state index in [0.717, 1.165) is 18.4 Å². The Morgan fingerprint density at radius 2 is 1.90 bits per heavy atom. The van der Waals surface area contributed by atoms with E-state index in [0.29, 0.717) is 5.52 Å². The molecule has 0 bridgehead atoms. The summed E-state index contributed by atoms with van der Waals surface area (Å²) in [7, 11) is -0.977. The Hall–Kier alpha value is -3.15. The van der Waals surface area contributed by atoms with Crippen molar-refractivity contribution in [1.82, 2.24) is 19.9 Å². The molecule has 1 amide bonds. The lowest BCUT2D eigenvalue weighted by Gasteiger charge is -2.14. The van der Waals surface area contributed by atoms with Crippen LogP contribution < -0.4 is 10.1 Å². The minimum atomic E-state index is -4.56. The van der Waals surface area contributed by atoms with E-state index >= 15 is 0 Å². The van der Waals surface area contributed by atoms with Crippen LogP contribution in [0.15, 0.2) is 29.2 Å². The van der Waals surface area contributed by atoms with Crippen molar-refractivity contribution in [3.05, 3.63) is 35.5 Å². The molecule has 3 rings (SSSR count). The van der Waals surface area contributed by atoms with Crippen LogP contribution in [0.2, 0.25) is 0 Å². The Kier molecular flexibility index (Phi) is 5.70. The average Bonchev–Trinajstić information content (AvgIpc) is 3.02. The number of imidazole rings is 1. The molecule has 0 atom stereocenters. The lowest BCUT2D eigenvalue weighted by molar-refractivity contribution is -0.137. The zero-order valence-corrected chi connectivity index (χ0v) is 17.8. The van der Waals surface area contributed by atoms with Gasteiger partial charge < -0.3 is 14.6 Å². The molecule has 8 nitrogen and oxygen atoms in total. The number of ether oxygens (including phenoxy) is 1. The zero-order chi connectivity index (χ0) is 23.1. The summed E-state index contributed by atoms with van der Waals surface area (Å²) in [5.74, 6) is -0.671. The predicted octanol–water partition coefficient (Wildman–Crippen LogP) is 2.82. The number of nitrogens with zero attached hydrogens (tertiary/aromatic N) is 3. The van der Waals surface area contributed by atoms with Gasteiger partial charge in [0.05, 0.1) is 28.1 Å². The molecule has 1 N–H and O–H groups in total. The number of rotatable bonds is 5. The van der Waals surface area contributed by atoms with E-state index in [2.05, 4.69) is 15.3 Å². The standard InChI is InChI=1S/C19H19F3N4O4S/c1-5-30-13-9-14(31(4,28)29)16(25-15(13)18(27)23-2)17-24-11-8-10(19(20,21)22)6-7-12(11)26(17)3/h6-9H,5H2,1-4H3,(H,23,27). The van der Waals surface area contributed by atoms with Gasteiger partial charge >= 0.3 is 6.18 Å². The number of nitrogens with one attached hydrogen (secondary N) is 1. The van der Waals surface area contributed by atoms with Crippen LogP contribution in [-0.4, -0.2) is 48.8 Å². The van der Waals surface area contributed by atoms with Crippen LogP contribution in [0, 0.1) is 0 Å². The molecule has 0 radical (unpaired) electrons. The number of fused-ring (bicyclic) bond motifs is 1. The van der Waals surface area contributed by atoms with Crippen LogP contribution in [0.4, 0.5) is 13.2 Å². The fourth-order valence-corrected chi connectivity index (χ4v) is 3.86. The SMILES string of the molecule is CCOc1cc(S(C)(=O)=O)c(-c2nc3cc(C(F)(F)F)ccc3n2C)nc1C(=O)NC. The Bertz CT molecular complexity index is 1280. The lowest BCUT2D eigenvalue weighted by atomic mass is 10.2. The van der Waals surface area contributed by atoms with E-state index in [4.69, 9.17) is 4.74 Å². The van der Waals surface area contributed by atoms with Gasteiger partial charge in [-0.2, -0.15) is 13.2 Å². The summed E-state index contributed by atoms with van der Waals surface area (Å²) in [6.45, 7) is 1.81. The molecule has 0 spiro atoms. The normalized spacial score (nSPS) is 12.2. The van der Waals surface area contributed by atoms with Crippen LogP contribution in [-0.2, 0) is 23.1 Å². The summed E-state index contributed by atoms with van der Waals surface area (Å²) in [5, 5.41) is 2.40. The van der Waals surface area contributed by atoms with Crippen molar-refractivity contribution in [2.45, 2.75) is 18.0 Å². The molecule has 166 valence electrons. The molecular weight excluding hydrogens is 437 g/mol. The number of pyridine rings is 1. The molecule has 0 unspecified atom stereocenters. The first-order chi connectivity index (χ1) is 14.4. The summed E-state index contributed by atoms with van der Waals surface area (Å²) in [5.41, 5.74) is -0.895. The van der Waals surface area contributed by atoms with Crippen molar-refractivity contribution < 1.29 is 31.1 Å². The smallest absolute Gasteiger partial charge is 0.416 e. The number of alkyl halides is 3. The van der Waals surface area contributed by atoms with Gasteiger partial charge in [-0.05, 0) is 25.1 Å². The molecule has 0 fully saturated rings. The third kappa shape index (κ3) is 4.20. The van der Waals surface area contributed by atoms with Gasteiger partial charge in [0.25, 0.3) is 5.91 Å². The van der Waals surface area contributed by atoms with Gasteiger partial charge in [0, 0.05) is 26.4 Å². The van der Waals surface area contributed by atoms with Crippen LogP contribution in [0.25, 0.3) is 22.6 Å². The van der Waals surface area contributed by atoms with E-state index in [1.165, 1.54) is 30.8 Å². The second-order valence-corrected chi connectivity index (χ2v) is 8.65. The topological polar surface area (TPSA) is 103 Å². The molecule has 3 aromatic rings. The highest BCUT2D eigenvalue weighted by Gasteiger charge is 2.32. The molecule has 2 aromatic heterocycles.